The van der Waals surface area contributed by atoms with Crippen LogP contribution >= 0.6 is 22.7 Å². The molecular formula is C17H19N3O2S2. The minimum atomic E-state index is -0.495. The molecule has 7 heteroatoms. The SMILES string of the molecule is Cc1ccsc1[C@@H]1CCN(C(=O)Cc2cn3ccsc3n2)C[C@H]1O. The fraction of sp³-hybridized carbons (Fsp3) is 0.412. The summed E-state index contributed by atoms with van der Waals surface area (Å²) in [5.74, 6) is 0.188. The average Bonchev–Trinajstić information content (AvgIpc) is 3.23. The van der Waals surface area contributed by atoms with E-state index in [0.29, 0.717) is 19.5 Å². The molecule has 1 amide bonds. The monoisotopic (exact) mass is 361 g/mol. The lowest BCUT2D eigenvalue weighted by molar-refractivity contribution is -0.134. The summed E-state index contributed by atoms with van der Waals surface area (Å²) in [6.07, 6.45) is 4.46. The highest BCUT2D eigenvalue weighted by molar-refractivity contribution is 7.15. The van der Waals surface area contributed by atoms with Crippen LogP contribution in [0.2, 0.25) is 0 Å². The van der Waals surface area contributed by atoms with Gasteiger partial charge in [-0.05, 0) is 30.4 Å². The molecule has 0 bridgehead atoms. The zero-order valence-electron chi connectivity index (χ0n) is 13.4. The molecule has 1 N–H and O–H groups in total. The van der Waals surface area contributed by atoms with Crippen molar-refractivity contribution in [3.8, 4) is 0 Å². The van der Waals surface area contributed by atoms with Crippen LogP contribution in [0.3, 0.4) is 0 Å². The molecule has 3 aromatic rings. The van der Waals surface area contributed by atoms with Crippen molar-refractivity contribution in [2.45, 2.75) is 31.8 Å². The number of carbonyl (C=O) groups is 1. The van der Waals surface area contributed by atoms with E-state index in [4.69, 9.17) is 0 Å². The molecule has 1 aliphatic heterocycles. The van der Waals surface area contributed by atoms with Gasteiger partial charge in [0, 0.05) is 41.7 Å². The van der Waals surface area contributed by atoms with Crippen LogP contribution in [0.1, 0.15) is 28.5 Å². The second kappa shape index (κ2) is 6.31. The maximum absolute atomic E-state index is 12.5. The summed E-state index contributed by atoms with van der Waals surface area (Å²) in [7, 11) is 0. The highest BCUT2D eigenvalue weighted by Crippen LogP contribution is 2.34. The highest BCUT2D eigenvalue weighted by Gasteiger charge is 2.32. The Hall–Kier alpha value is -1.70. The van der Waals surface area contributed by atoms with Crippen molar-refractivity contribution in [2.75, 3.05) is 13.1 Å². The number of carbonyl (C=O) groups excluding carboxylic acids is 1. The second-order valence-electron chi connectivity index (χ2n) is 6.27. The first-order chi connectivity index (χ1) is 11.6. The Morgan fingerprint density at radius 2 is 2.29 bits per heavy atom. The Bertz CT molecular complexity index is 838. The normalized spacial score (nSPS) is 21.5. The van der Waals surface area contributed by atoms with Crippen molar-refractivity contribution in [1.29, 1.82) is 0 Å². The standard InChI is InChI=1S/C17H19N3O2S2/c1-11-3-6-23-16(11)13-2-4-19(10-14(13)21)15(22)8-12-9-20-5-7-24-17(20)18-12/h3,5-7,9,13-14,21H,2,4,8,10H2,1H3/t13-,14-/m1/s1. The summed E-state index contributed by atoms with van der Waals surface area (Å²) < 4.78 is 1.94. The molecule has 0 unspecified atom stereocenters. The van der Waals surface area contributed by atoms with E-state index in [1.807, 2.05) is 22.2 Å². The number of hydrogen-bond acceptors (Lipinski definition) is 5. The topological polar surface area (TPSA) is 57.8 Å². The van der Waals surface area contributed by atoms with Gasteiger partial charge in [-0.15, -0.1) is 22.7 Å². The molecule has 24 heavy (non-hydrogen) atoms. The number of amides is 1. The third kappa shape index (κ3) is 2.87. The highest BCUT2D eigenvalue weighted by atomic mass is 32.1. The molecule has 0 saturated carbocycles. The van der Waals surface area contributed by atoms with E-state index < -0.39 is 6.10 Å². The minimum Gasteiger partial charge on any atom is -0.391 e. The van der Waals surface area contributed by atoms with Gasteiger partial charge in [-0.1, -0.05) is 0 Å². The number of rotatable bonds is 3. The Morgan fingerprint density at radius 1 is 1.42 bits per heavy atom. The molecule has 0 aromatic carbocycles. The zero-order valence-corrected chi connectivity index (χ0v) is 15.0. The number of aromatic nitrogens is 2. The van der Waals surface area contributed by atoms with Crippen molar-refractivity contribution in [1.82, 2.24) is 14.3 Å². The quantitative estimate of drug-likeness (QED) is 0.780. The van der Waals surface area contributed by atoms with E-state index >= 15 is 0 Å². The van der Waals surface area contributed by atoms with E-state index in [2.05, 4.69) is 23.4 Å². The summed E-state index contributed by atoms with van der Waals surface area (Å²) in [5.41, 5.74) is 2.03. The number of aryl methyl sites for hydroxylation is 1. The van der Waals surface area contributed by atoms with Crippen LogP contribution < -0.4 is 0 Å². The maximum Gasteiger partial charge on any atom is 0.228 e. The number of thiazole rings is 1. The first-order valence-electron chi connectivity index (χ1n) is 8.02. The van der Waals surface area contributed by atoms with Gasteiger partial charge in [0.05, 0.1) is 18.2 Å². The van der Waals surface area contributed by atoms with E-state index in [1.165, 1.54) is 10.4 Å². The van der Waals surface area contributed by atoms with E-state index in [1.54, 1.807) is 27.6 Å². The van der Waals surface area contributed by atoms with E-state index in [-0.39, 0.29) is 11.8 Å². The molecule has 4 rings (SSSR count). The lowest BCUT2D eigenvalue weighted by Gasteiger charge is -2.36. The third-order valence-electron chi connectivity index (χ3n) is 4.65. The smallest absolute Gasteiger partial charge is 0.228 e. The summed E-state index contributed by atoms with van der Waals surface area (Å²) in [6, 6.07) is 2.09. The van der Waals surface area contributed by atoms with Gasteiger partial charge < -0.3 is 10.0 Å². The number of aliphatic hydroxyl groups excluding tert-OH is 1. The van der Waals surface area contributed by atoms with Gasteiger partial charge in [0.25, 0.3) is 0 Å². The van der Waals surface area contributed by atoms with Crippen LogP contribution in [0.5, 0.6) is 0 Å². The van der Waals surface area contributed by atoms with Crippen molar-refractivity contribution < 1.29 is 9.90 Å². The molecule has 5 nitrogen and oxygen atoms in total. The van der Waals surface area contributed by atoms with Crippen LogP contribution in [0.25, 0.3) is 4.96 Å². The van der Waals surface area contributed by atoms with Gasteiger partial charge in [-0.3, -0.25) is 9.20 Å². The zero-order chi connectivity index (χ0) is 16.7. The van der Waals surface area contributed by atoms with Gasteiger partial charge in [0.1, 0.15) is 0 Å². The van der Waals surface area contributed by atoms with Crippen LogP contribution in [0.4, 0.5) is 0 Å². The predicted octanol–water partition coefficient (Wildman–Crippen LogP) is 2.69. The average molecular weight is 361 g/mol. The molecule has 0 spiro atoms. The number of fused-ring (bicyclic) bond motifs is 1. The molecule has 0 radical (unpaired) electrons. The number of β-amino-alcohol motifs (C(OH)–C–C–N with tert-alkyl or cyclic N) is 1. The fourth-order valence-corrected chi connectivity index (χ4v) is 5.20. The number of imidazole rings is 1. The van der Waals surface area contributed by atoms with Crippen molar-refractivity contribution in [2.24, 2.45) is 0 Å². The summed E-state index contributed by atoms with van der Waals surface area (Å²) in [5, 5.41) is 14.6. The summed E-state index contributed by atoms with van der Waals surface area (Å²) in [4.78, 5) is 20.9. The lowest BCUT2D eigenvalue weighted by Crippen LogP contribution is -2.46. The van der Waals surface area contributed by atoms with Crippen molar-refractivity contribution in [3.05, 3.63) is 45.4 Å². The largest absolute Gasteiger partial charge is 0.391 e. The van der Waals surface area contributed by atoms with Crippen molar-refractivity contribution in [3.63, 3.8) is 0 Å². The molecule has 1 aliphatic rings. The van der Waals surface area contributed by atoms with Gasteiger partial charge in [0.15, 0.2) is 4.96 Å². The van der Waals surface area contributed by atoms with E-state index in [0.717, 1.165) is 17.1 Å². The van der Waals surface area contributed by atoms with E-state index in [9.17, 15) is 9.90 Å². The Morgan fingerprint density at radius 3 is 3.00 bits per heavy atom. The molecule has 4 heterocycles. The molecule has 1 fully saturated rings. The minimum absolute atomic E-state index is 0.0427. The predicted molar refractivity (Wildman–Crippen MR) is 95.8 cm³/mol. The molecule has 3 aromatic heterocycles. The number of nitrogens with zero attached hydrogens (tertiary/aromatic N) is 3. The van der Waals surface area contributed by atoms with Crippen molar-refractivity contribution >= 4 is 33.5 Å². The maximum atomic E-state index is 12.5. The molecule has 0 aliphatic carbocycles. The number of aliphatic hydroxyl groups is 1. The Labute approximate surface area is 148 Å². The van der Waals surface area contributed by atoms with Crippen LogP contribution in [-0.2, 0) is 11.2 Å². The number of likely N-dealkylation sites (tertiary alicyclic amines) is 1. The summed E-state index contributed by atoms with van der Waals surface area (Å²) >= 11 is 3.26. The fourth-order valence-electron chi connectivity index (χ4n) is 3.36. The summed E-state index contributed by atoms with van der Waals surface area (Å²) in [6.45, 7) is 3.18. The first kappa shape index (κ1) is 15.8. The third-order valence-corrected chi connectivity index (χ3v) is 6.57. The van der Waals surface area contributed by atoms with Crippen LogP contribution in [-0.4, -0.2) is 44.5 Å². The Kier molecular flexibility index (Phi) is 4.15. The van der Waals surface area contributed by atoms with Gasteiger partial charge >= 0.3 is 0 Å². The molecule has 1 saturated heterocycles. The molecule has 2 atom stereocenters. The Balaban J connectivity index is 1.41. The van der Waals surface area contributed by atoms with Gasteiger partial charge in [-0.25, -0.2) is 4.98 Å². The molecule has 126 valence electrons. The number of piperidine rings is 1. The second-order valence-corrected chi connectivity index (χ2v) is 8.09. The number of hydrogen-bond donors (Lipinski definition) is 1. The van der Waals surface area contributed by atoms with Crippen LogP contribution in [0.15, 0.2) is 29.2 Å². The molecular weight excluding hydrogens is 342 g/mol. The number of thiophene rings is 1. The van der Waals surface area contributed by atoms with Gasteiger partial charge in [0.2, 0.25) is 5.91 Å². The lowest BCUT2D eigenvalue weighted by atomic mass is 9.90. The van der Waals surface area contributed by atoms with Gasteiger partial charge in [-0.2, -0.15) is 0 Å². The first-order valence-corrected chi connectivity index (χ1v) is 9.78. The van der Waals surface area contributed by atoms with Crippen LogP contribution in [0, 0.1) is 6.92 Å².